The number of ether oxygens (including phenoxy) is 1. The van der Waals surface area contributed by atoms with Gasteiger partial charge in [-0.2, -0.15) is 0 Å². The Kier molecular flexibility index (Phi) is 5.86. The van der Waals surface area contributed by atoms with Crippen LogP contribution < -0.4 is 10.1 Å². The average Bonchev–Trinajstić information content (AvgIpc) is 2.65. The third kappa shape index (κ3) is 4.80. The molecule has 2 N–H and O–H groups in total. The number of benzene rings is 1. The zero-order chi connectivity index (χ0) is 14.3. The standard InChI is InChI=1S/C17H27NO2/c1-2-20-16-9-7-8-15(12-16)13-18-14-17(19)10-5-3-4-6-11-17/h7-9,12,18-19H,2-6,10-11,13-14H2,1H3. The van der Waals surface area contributed by atoms with Crippen molar-refractivity contribution in [3.8, 4) is 5.75 Å². The Morgan fingerprint density at radius 3 is 2.65 bits per heavy atom. The summed E-state index contributed by atoms with van der Waals surface area (Å²) in [4.78, 5) is 0. The largest absolute Gasteiger partial charge is 0.494 e. The van der Waals surface area contributed by atoms with Crippen LogP contribution in [-0.4, -0.2) is 23.9 Å². The molecule has 0 saturated heterocycles. The SMILES string of the molecule is CCOc1cccc(CNCC2(O)CCCCCC2)c1. The van der Waals surface area contributed by atoms with E-state index < -0.39 is 5.60 Å². The molecule has 0 radical (unpaired) electrons. The number of nitrogens with one attached hydrogen (secondary N) is 1. The molecule has 112 valence electrons. The van der Waals surface area contributed by atoms with Crippen LogP contribution in [0.25, 0.3) is 0 Å². The van der Waals surface area contributed by atoms with Crippen LogP contribution >= 0.6 is 0 Å². The Balaban J connectivity index is 1.81. The van der Waals surface area contributed by atoms with E-state index in [1.165, 1.54) is 18.4 Å². The molecular formula is C17H27NO2. The summed E-state index contributed by atoms with van der Waals surface area (Å²) >= 11 is 0. The molecular weight excluding hydrogens is 250 g/mol. The predicted octanol–water partition coefficient (Wildman–Crippen LogP) is 3.26. The fourth-order valence-electron chi connectivity index (χ4n) is 2.91. The second kappa shape index (κ2) is 7.65. The van der Waals surface area contributed by atoms with Gasteiger partial charge >= 0.3 is 0 Å². The van der Waals surface area contributed by atoms with Crippen LogP contribution in [0.4, 0.5) is 0 Å². The van der Waals surface area contributed by atoms with Gasteiger partial charge in [0.25, 0.3) is 0 Å². The first-order valence-electron chi connectivity index (χ1n) is 7.87. The molecule has 3 heteroatoms. The van der Waals surface area contributed by atoms with E-state index in [1.54, 1.807) is 0 Å². The highest BCUT2D eigenvalue weighted by molar-refractivity contribution is 5.28. The van der Waals surface area contributed by atoms with Crippen LogP contribution in [0.2, 0.25) is 0 Å². The number of hydrogen-bond acceptors (Lipinski definition) is 3. The van der Waals surface area contributed by atoms with E-state index in [-0.39, 0.29) is 0 Å². The maximum absolute atomic E-state index is 10.6. The molecule has 0 aliphatic heterocycles. The molecule has 1 saturated carbocycles. The van der Waals surface area contributed by atoms with Crippen molar-refractivity contribution in [1.29, 1.82) is 0 Å². The van der Waals surface area contributed by atoms with E-state index in [0.29, 0.717) is 13.2 Å². The van der Waals surface area contributed by atoms with Gasteiger partial charge in [-0.3, -0.25) is 0 Å². The molecule has 3 nitrogen and oxygen atoms in total. The monoisotopic (exact) mass is 277 g/mol. The van der Waals surface area contributed by atoms with Gasteiger partial charge in [-0.25, -0.2) is 0 Å². The van der Waals surface area contributed by atoms with Crippen LogP contribution in [0.5, 0.6) is 5.75 Å². The molecule has 1 aliphatic rings. The van der Waals surface area contributed by atoms with Crippen LogP contribution in [0.3, 0.4) is 0 Å². The molecule has 0 spiro atoms. The number of hydrogen-bond donors (Lipinski definition) is 2. The summed E-state index contributed by atoms with van der Waals surface area (Å²) in [5, 5.41) is 14.0. The van der Waals surface area contributed by atoms with Gasteiger partial charge in [0.1, 0.15) is 5.75 Å². The molecule has 2 rings (SSSR count). The van der Waals surface area contributed by atoms with Crippen LogP contribution in [0.1, 0.15) is 51.0 Å². The highest BCUT2D eigenvalue weighted by atomic mass is 16.5. The molecule has 0 heterocycles. The third-order valence-corrected chi connectivity index (χ3v) is 4.03. The Morgan fingerprint density at radius 1 is 1.20 bits per heavy atom. The molecule has 1 aromatic carbocycles. The Bertz CT molecular complexity index is 398. The summed E-state index contributed by atoms with van der Waals surface area (Å²) in [5.74, 6) is 0.917. The van der Waals surface area contributed by atoms with Gasteiger partial charge in [0.05, 0.1) is 12.2 Å². The summed E-state index contributed by atoms with van der Waals surface area (Å²) < 4.78 is 5.50. The second-order valence-electron chi connectivity index (χ2n) is 5.82. The van der Waals surface area contributed by atoms with E-state index in [2.05, 4.69) is 17.4 Å². The van der Waals surface area contributed by atoms with Crippen molar-refractivity contribution in [1.82, 2.24) is 5.32 Å². The van der Waals surface area contributed by atoms with Gasteiger partial charge in [0.2, 0.25) is 0 Å². The normalized spacial score (nSPS) is 18.5. The van der Waals surface area contributed by atoms with Crippen molar-refractivity contribution in [3.05, 3.63) is 29.8 Å². The zero-order valence-corrected chi connectivity index (χ0v) is 12.5. The molecule has 0 bridgehead atoms. The lowest BCUT2D eigenvalue weighted by atomic mass is 9.94. The lowest BCUT2D eigenvalue weighted by Crippen LogP contribution is -2.39. The van der Waals surface area contributed by atoms with Crippen molar-refractivity contribution >= 4 is 0 Å². The highest BCUT2D eigenvalue weighted by Crippen LogP contribution is 2.26. The molecule has 0 amide bonds. The number of aliphatic hydroxyl groups is 1. The van der Waals surface area contributed by atoms with E-state index in [1.807, 2.05) is 19.1 Å². The van der Waals surface area contributed by atoms with Crippen molar-refractivity contribution in [2.45, 2.75) is 57.6 Å². The fourth-order valence-corrected chi connectivity index (χ4v) is 2.91. The molecule has 1 aromatic rings. The Hall–Kier alpha value is -1.06. The van der Waals surface area contributed by atoms with Crippen LogP contribution in [0.15, 0.2) is 24.3 Å². The lowest BCUT2D eigenvalue weighted by Gasteiger charge is -2.27. The Labute approximate surface area is 122 Å². The first-order chi connectivity index (χ1) is 9.72. The minimum absolute atomic E-state index is 0.506. The molecule has 0 atom stereocenters. The second-order valence-corrected chi connectivity index (χ2v) is 5.82. The molecule has 0 aromatic heterocycles. The van der Waals surface area contributed by atoms with E-state index in [9.17, 15) is 5.11 Å². The van der Waals surface area contributed by atoms with Gasteiger partial charge < -0.3 is 15.2 Å². The number of rotatable bonds is 6. The van der Waals surface area contributed by atoms with Crippen molar-refractivity contribution in [2.24, 2.45) is 0 Å². The smallest absolute Gasteiger partial charge is 0.119 e. The minimum atomic E-state index is -0.506. The third-order valence-electron chi connectivity index (χ3n) is 4.03. The van der Waals surface area contributed by atoms with Crippen LogP contribution in [0, 0.1) is 0 Å². The van der Waals surface area contributed by atoms with Crippen LogP contribution in [-0.2, 0) is 6.54 Å². The van der Waals surface area contributed by atoms with Crippen molar-refractivity contribution in [2.75, 3.05) is 13.2 Å². The summed E-state index contributed by atoms with van der Waals surface area (Å²) in [6.07, 6.45) is 6.69. The summed E-state index contributed by atoms with van der Waals surface area (Å²) in [6.45, 7) is 4.15. The van der Waals surface area contributed by atoms with Crippen molar-refractivity contribution in [3.63, 3.8) is 0 Å². The van der Waals surface area contributed by atoms with Gasteiger partial charge in [-0.1, -0.05) is 37.8 Å². The topological polar surface area (TPSA) is 41.5 Å². The molecule has 0 unspecified atom stereocenters. The summed E-state index contributed by atoms with van der Waals surface area (Å²) in [5.41, 5.74) is 0.696. The summed E-state index contributed by atoms with van der Waals surface area (Å²) in [7, 11) is 0. The lowest BCUT2D eigenvalue weighted by molar-refractivity contribution is 0.0250. The average molecular weight is 277 g/mol. The van der Waals surface area contributed by atoms with E-state index in [0.717, 1.165) is 38.0 Å². The van der Waals surface area contributed by atoms with E-state index >= 15 is 0 Å². The zero-order valence-electron chi connectivity index (χ0n) is 12.5. The Morgan fingerprint density at radius 2 is 1.95 bits per heavy atom. The quantitative estimate of drug-likeness (QED) is 0.784. The van der Waals surface area contributed by atoms with E-state index in [4.69, 9.17) is 4.74 Å². The first-order valence-corrected chi connectivity index (χ1v) is 7.87. The predicted molar refractivity (Wildman–Crippen MR) is 82.0 cm³/mol. The molecule has 1 fully saturated rings. The maximum atomic E-state index is 10.6. The minimum Gasteiger partial charge on any atom is -0.494 e. The van der Waals surface area contributed by atoms with Gasteiger partial charge in [-0.15, -0.1) is 0 Å². The highest BCUT2D eigenvalue weighted by Gasteiger charge is 2.27. The first kappa shape index (κ1) is 15.3. The molecule has 20 heavy (non-hydrogen) atoms. The fraction of sp³-hybridized carbons (Fsp3) is 0.647. The van der Waals surface area contributed by atoms with Crippen molar-refractivity contribution < 1.29 is 9.84 Å². The molecule has 1 aliphatic carbocycles. The maximum Gasteiger partial charge on any atom is 0.119 e. The van der Waals surface area contributed by atoms with Gasteiger partial charge in [0, 0.05) is 13.1 Å². The van der Waals surface area contributed by atoms with Gasteiger partial charge in [-0.05, 0) is 37.5 Å². The summed E-state index contributed by atoms with van der Waals surface area (Å²) in [6, 6.07) is 8.15. The van der Waals surface area contributed by atoms with Gasteiger partial charge in [0.15, 0.2) is 0 Å².